The summed E-state index contributed by atoms with van der Waals surface area (Å²) in [6, 6.07) is 6.97. The molecule has 0 unspecified atom stereocenters. The summed E-state index contributed by atoms with van der Waals surface area (Å²) in [4.78, 5) is 17.9. The summed E-state index contributed by atoms with van der Waals surface area (Å²) in [7, 11) is -2.99. The first-order valence-corrected chi connectivity index (χ1v) is 11.8. The minimum absolute atomic E-state index is 0.0133. The van der Waals surface area contributed by atoms with Gasteiger partial charge >= 0.3 is 6.18 Å². The van der Waals surface area contributed by atoms with Crippen molar-refractivity contribution >= 4 is 33.1 Å². The number of sulfone groups is 1. The van der Waals surface area contributed by atoms with Crippen molar-refractivity contribution in [3.8, 4) is 0 Å². The standard InChI is InChI=1S/C20H22ClF3N2O3S/c21-17-4-2-1-3-15(17)13-26(8-5-14-6-9-30(28,29)10-7-14)19(27)16-11-18(25-12-16)20(22,23)24/h1-4,11,14H,5-10,12-13H2. The highest BCUT2D eigenvalue weighted by Crippen LogP contribution is 2.26. The number of hydrogen-bond donors (Lipinski definition) is 0. The molecule has 1 fully saturated rings. The van der Waals surface area contributed by atoms with Gasteiger partial charge in [0, 0.05) is 23.7 Å². The van der Waals surface area contributed by atoms with E-state index in [0.717, 1.165) is 6.08 Å². The van der Waals surface area contributed by atoms with E-state index in [9.17, 15) is 26.4 Å². The predicted molar refractivity (Wildman–Crippen MR) is 109 cm³/mol. The maximum Gasteiger partial charge on any atom is 0.432 e. The van der Waals surface area contributed by atoms with Crippen LogP contribution in [-0.2, 0) is 21.2 Å². The molecule has 30 heavy (non-hydrogen) atoms. The van der Waals surface area contributed by atoms with E-state index in [4.69, 9.17) is 11.6 Å². The zero-order valence-electron chi connectivity index (χ0n) is 16.2. The molecule has 2 aliphatic rings. The normalized spacial score (nSPS) is 19.3. The van der Waals surface area contributed by atoms with Gasteiger partial charge in [0.15, 0.2) is 0 Å². The van der Waals surface area contributed by atoms with Gasteiger partial charge in [0.1, 0.15) is 15.5 Å². The van der Waals surface area contributed by atoms with Gasteiger partial charge in [0.2, 0.25) is 0 Å². The zero-order chi connectivity index (χ0) is 21.9. The quantitative estimate of drug-likeness (QED) is 0.645. The van der Waals surface area contributed by atoms with E-state index in [1.807, 2.05) is 0 Å². The number of allylic oxidation sites excluding steroid dienone is 1. The Morgan fingerprint density at radius 1 is 1.20 bits per heavy atom. The van der Waals surface area contributed by atoms with Crippen molar-refractivity contribution in [1.29, 1.82) is 0 Å². The predicted octanol–water partition coefficient (Wildman–Crippen LogP) is 3.83. The highest BCUT2D eigenvalue weighted by atomic mass is 35.5. The molecule has 2 heterocycles. The Hall–Kier alpha value is -1.87. The first-order chi connectivity index (χ1) is 14.0. The first-order valence-electron chi connectivity index (χ1n) is 9.60. The summed E-state index contributed by atoms with van der Waals surface area (Å²) in [6.07, 6.45) is -2.16. The van der Waals surface area contributed by atoms with Crippen LogP contribution in [0.15, 0.2) is 40.9 Å². The van der Waals surface area contributed by atoms with Crippen LogP contribution < -0.4 is 0 Å². The molecule has 0 atom stereocenters. The Balaban J connectivity index is 1.73. The van der Waals surface area contributed by atoms with E-state index >= 15 is 0 Å². The molecule has 1 aromatic carbocycles. The van der Waals surface area contributed by atoms with Crippen molar-refractivity contribution in [2.24, 2.45) is 10.9 Å². The number of hydrogen-bond acceptors (Lipinski definition) is 4. The molecule has 10 heteroatoms. The summed E-state index contributed by atoms with van der Waals surface area (Å²) in [6.45, 7) is 0.143. The summed E-state index contributed by atoms with van der Waals surface area (Å²) < 4.78 is 61.9. The Bertz CT molecular complexity index is 960. The third-order valence-corrected chi connectivity index (χ3v) is 7.47. The molecule has 1 amide bonds. The van der Waals surface area contributed by atoms with E-state index in [0.29, 0.717) is 36.4 Å². The summed E-state index contributed by atoms with van der Waals surface area (Å²) in [5, 5.41) is 0.465. The van der Waals surface area contributed by atoms with E-state index in [-0.39, 0.29) is 36.1 Å². The average Bonchev–Trinajstić information content (AvgIpc) is 3.17. The van der Waals surface area contributed by atoms with Gasteiger partial charge in [-0.05, 0) is 42.9 Å². The second-order valence-corrected chi connectivity index (χ2v) is 10.3. The van der Waals surface area contributed by atoms with Gasteiger partial charge in [0.25, 0.3) is 5.91 Å². The molecule has 2 aliphatic heterocycles. The van der Waals surface area contributed by atoms with Gasteiger partial charge in [-0.1, -0.05) is 29.8 Å². The fraction of sp³-hybridized carbons (Fsp3) is 0.500. The maximum absolute atomic E-state index is 13.0. The van der Waals surface area contributed by atoms with Gasteiger partial charge in [-0.25, -0.2) is 8.42 Å². The number of rotatable bonds is 6. The summed E-state index contributed by atoms with van der Waals surface area (Å²) in [5.41, 5.74) is -0.379. The molecular weight excluding hydrogens is 441 g/mol. The zero-order valence-corrected chi connectivity index (χ0v) is 17.7. The summed E-state index contributed by atoms with van der Waals surface area (Å²) >= 11 is 6.21. The summed E-state index contributed by atoms with van der Waals surface area (Å²) in [5.74, 6) is -0.107. The number of nitrogens with zero attached hydrogens (tertiary/aromatic N) is 2. The average molecular weight is 463 g/mol. The SMILES string of the molecule is O=C(C1=CC(C(F)(F)F)=NC1)N(CCC1CCS(=O)(=O)CC1)Cc1ccccc1Cl. The molecular formula is C20H22ClF3N2O3S. The van der Waals surface area contributed by atoms with E-state index in [1.54, 1.807) is 24.3 Å². The van der Waals surface area contributed by atoms with Crippen molar-refractivity contribution in [2.75, 3.05) is 24.6 Å². The number of carbonyl (C=O) groups excluding carboxylic acids is 1. The molecule has 0 radical (unpaired) electrons. The lowest BCUT2D eigenvalue weighted by Crippen LogP contribution is -2.35. The van der Waals surface area contributed by atoms with Gasteiger partial charge in [-0.2, -0.15) is 13.2 Å². The van der Waals surface area contributed by atoms with Crippen molar-refractivity contribution in [2.45, 2.75) is 32.0 Å². The lowest BCUT2D eigenvalue weighted by molar-refractivity contribution is -0.127. The molecule has 0 aliphatic carbocycles. The van der Waals surface area contributed by atoms with Crippen LogP contribution in [-0.4, -0.2) is 55.7 Å². The molecule has 0 saturated carbocycles. The van der Waals surface area contributed by atoms with Crippen LogP contribution in [0.3, 0.4) is 0 Å². The highest BCUT2D eigenvalue weighted by Gasteiger charge is 2.37. The largest absolute Gasteiger partial charge is 0.432 e. The second-order valence-electron chi connectivity index (χ2n) is 7.57. The van der Waals surface area contributed by atoms with Gasteiger partial charge in [0.05, 0.1) is 18.1 Å². The van der Waals surface area contributed by atoms with Crippen LogP contribution >= 0.6 is 11.6 Å². The molecule has 164 valence electrons. The van der Waals surface area contributed by atoms with Crippen LogP contribution in [0.1, 0.15) is 24.8 Å². The van der Waals surface area contributed by atoms with Crippen molar-refractivity contribution in [3.05, 3.63) is 46.5 Å². The monoisotopic (exact) mass is 462 g/mol. The van der Waals surface area contributed by atoms with Gasteiger partial charge in [-0.15, -0.1) is 0 Å². The van der Waals surface area contributed by atoms with Gasteiger partial charge < -0.3 is 4.90 Å². The minimum atomic E-state index is -4.59. The van der Waals surface area contributed by atoms with Crippen LogP contribution in [0.25, 0.3) is 0 Å². The first kappa shape index (κ1) is 22.8. The van der Waals surface area contributed by atoms with Gasteiger partial charge in [-0.3, -0.25) is 9.79 Å². The Labute approximate surface area is 178 Å². The fourth-order valence-corrected chi connectivity index (χ4v) is 5.37. The lowest BCUT2D eigenvalue weighted by Gasteiger charge is -2.28. The molecule has 1 saturated heterocycles. The highest BCUT2D eigenvalue weighted by molar-refractivity contribution is 7.91. The Morgan fingerprint density at radius 3 is 2.47 bits per heavy atom. The molecule has 0 aromatic heterocycles. The third-order valence-electron chi connectivity index (χ3n) is 5.38. The number of aliphatic imine (C=N–C) groups is 1. The number of halogens is 4. The van der Waals surface area contributed by atoms with E-state index in [2.05, 4.69) is 4.99 Å². The maximum atomic E-state index is 13.0. The van der Waals surface area contributed by atoms with Crippen LogP contribution in [0.4, 0.5) is 13.2 Å². The van der Waals surface area contributed by atoms with Crippen molar-refractivity contribution < 1.29 is 26.4 Å². The Kier molecular flexibility index (Phi) is 6.91. The van der Waals surface area contributed by atoms with Crippen molar-refractivity contribution in [3.63, 3.8) is 0 Å². The third kappa shape index (κ3) is 5.85. The lowest BCUT2D eigenvalue weighted by atomic mass is 9.98. The molecule has 1 aromatic rings. The molecule has 0 bridgehead atoms. The number of amides is 1. The second kappa shape index (κ2) is 9.09. The van der Waals surface area contributed by atoms with Crippen LogP contribution in [0.5, 0.6) is 0 Å². The van der Waals surface area contributed by atoms with Crippen molar-refractivity contribution in [1.82, 2.24) is 4.90 Å². The number of benzene rings is 1. The fourth-order valence-electron chi connectivity index (χ4n) is 3.58. The molecule has 5 nitrogen and oxygen atoms in total. The number of alkyl halides is 3. The topological polar surface area (TPSA) is 66.8 Å². The molecule has 0 spiro atoms. The molecule has 0 N–H and O–H groups in total. The smallest absolute Gasteiger partial charge is 0.334 e. The van der Waals surface area contributed by atoms with Crippen LogP contribution in [0.2, 0.25) is 5.02 Å². The molecule has 3 rings (SSSR count). The number of carbonyl (C=O) groups is 1. The van der Waals surface area contributed by atoms with E-state index < -0.39 is 27.6 Å². The Morgan fingerprint density at radius 2 is 1.87 bits per heavy atom. The van der Waals surface area contributed by atoms with E-state index in [1.165, 1.54) is 4.90 Å². The minimum Gasteiger partial charge on any atom is -0.334 e. The van der Waals surface area contributed by atoms with Crippen LogP contribution in [0, 0.1) is 5.92 Å².